The van der Waals surface area contributed by atoms with Crippen molar-refractivity contribution < 1.29 is 27.5 Å². The predicted octanol–water partition coefficient (Wildman–Crippen LogP) is 3.97. The van der Waals surface area contributed by atoms with Crippen molar-refractivity contribution in [2.75, 3.05) is 19.5 Å². The summed E-state index contributed by atoms with van der Waals surface area (Å²) in [6.45, 7) is -2.58. The molecule has 0 radical (unpaired) electrons. The first-order chi connectivity index (χ1) is 13.1. The van der Waals surface area contributed by atoms with Gasteiger partial charge in [0.05, 0.1) is 20.8 Å². The Morgan fingerprint density at radius 3 is 2.44 bits per heavy atom. The second-order valence-corrected chi connectivity index (χ2v) is 5.34. The Bertz CT molecular complexity index is 885. The molecule has 0 unspecified atom stereocenters. The highest BCUT2D eigenvalue weighted by Crippen LogP contribution is 2.31. The Morgan fingerprint density at radius 2 is 1.78 bits per heavy atom. The lowest BCUT2D eigenvalue weighted by Gasteiger charge is -2.07. The van der Waals surface area contributed by atoms with Crippen molar-refractivity contribution in [3.8, 4) is 28.6 Å². The number of hydrogen-bond acceptors (Lipinski definition) is 7. The molecule has 0 atom stereocenters. The molecule has 0 saturated carbocycles. The molecule has 0 aliphatic heterocycles. The number of aromatic nitrogens is 2. The molecule has 3 aromatic rings. The monoisotopic (exact) mass is 377 g/mol. The zero-order valence-electron chi connectivity index (χ0n) is 14.6. The summed E-state index contributed by atoms with van der Waals surface area (Å²) in [6.07, 6.45) is 0. The van der Waals surface area contributed by atoms with Gasteiger partial charge in [-0.2, -0.15) is 13.8 Å². The zero-order valence-corrected chi connectivity index (χ0v) is 14.6. The second-order valence-electron chi connectivity index (χ2n) is 5.34. The highest BCUT2D eigenvalue weighted by Gasteiger charge is 2.12. The Kier molecular flexibility index (Phi) is 5.70. The minimum absolute atomic E-state index is 0.0871. The van der Waals surface area contributed by atoms with Crippen LogP contribution >= 0.6 is 0 Å². The van der Waals surface area contributed by atoms with Crippen LogP contribution in [-0.4, -0.2) is 31.0 Å². The molecule has 2 aromatic carbocycles. The van der Waals surface area contributed by atoms with Crippen molar-refractivity contribution in [1.29, 1.82) is 0 Å². The van der Waals surface area contributed by atoms with Gasteiger partial charge in [-0.25, -0.2) is 0 Å². The number of halogens is 2. The number of alkyl halides is 2. The highest BCUT2D eigenvalue weighted by molar-refractivity contribution is 5.60. The molecule has 1 aromatic heterocycles. The van der Waals surface area contributed by atoms with Gasteiger partial charge in [-0.05, 0) is 42.5 Å². The van der Waals surface area contributed by atoms with Crippen molar-refractivity contribution >= 4 is 5.69 Å². The standard InChI is InChI=1S/C18H17F2N3O4/c1-24-14-8-3-11(9-15(14)25-2)17-22-16(27-23-17)10-21-12-4-6-13(7-5-12)26-18(19)20/h3-9,18,21H,10H2,1-2H3. The maximum atomic E-state index is 12.1. The third-order valence-electron chi connectivity index (χ3n) is 3.63. The van der Waals surface area contributed by atoms with Gasteiger partial charge in [0.2, 0.25) is 11.7 Å². The number of nitrogens with zero attached hydrogens (tertiary/aromatic N) is 2. The van der Waals surface area contributed by atoms with E-state index in [9.17, 15) is 8.78 Å². The molecule has 0 fully saturated rings. The summed E-state index contributed by atoms with van der Waals surface area (Å²) in [5.74, 6) is 2.03. The van der Waals surface area contributed by atoms with Crippen LogP contribution in [0.1, 0.15) is 5.89 Å². The van der Waals surface area contributed by atoms with E-state index in [1.54, 1.807) is 44.6 Å². The largest absolute Gasteiger partial charge is 0.493 e. The average molecular weight is 377 g/mol. The summed E-state index contributed by atoms with van der Waals surface area (Å²) in [5.41, 5.74) is 1.42. The Morgan fingerprint density at radius 1 is 1.04 bits per heavy atom. The zero-order chi connectivity index (χ0) is 19.2. The number of rotatable bonds is 8. The normalized spacial score (nSPS) is 10.7. The molecule has 0 amide bonds. The second kappa shape index (κ2) is 8.35. The molecule has 7 nitrogen and oxygen atoms in total. The van der Waals surface area contributed by atoms with Crippen LogP contribution in [0.2, 0.25) is 0 Å². The third kappa shape index (κ3) is 4.63. The number of nitrogens with one attached hydrogen (secondary N) is 1. The first-order valence-corrected chi connectivity index (χ1v) is 7.93. The maximum Gasteiger partial charge on any atom is 0.387 e. The van der Waals surface area contributed by atoms with Crippen molar-refractivity contribution in [2.45, 2.75) is 13.2 Å². The van der Waals surface area contributed by atoms with E-state index in [1.165, 1.54) is 12.1 Å². The van der Waals surface area contributed by atoms with Crippen molar-refractivity contribution in [1.82, 2.24) is 10.1 Å². The van der Waals surface area contributed by atoms with Crippen LogP contribution in [0.3, 0.4) is 0 Å². The van der Waals surface area contributed by atoms with E-state index in [0.717, 1.165) is 5.56 Å². The first kappa shape index (κ1) is 18.4. The molecule has 0 saturated heterocycles. The SMILES string of the molecule is COc1ccc(-c2noc(CNc3ccc(OC(F)F)cc3)n2)cc1OC. The van der Waals surface area contributed by atoms with Crippen LogP contribution < -0.4 is 19.5 Å². The number of ether oxygens (including phenoxy) is 3. The van der Waals surface area contributed by atoms with E-state index < -0.39 is 6.61 Å². The lowest BCUT2D eigenvalue weighted by atomic mass is 10.2. The smallest absolute Gasteiger partial charge is 0.387 e. The Hall–Kier alpha value is -3.36. The van der Waals surface area contributed by atoms with Crippen LogP contribution in [0.15, 0.2) is 47.0 Å². The summed E-state index contributed by atoms with van der Waals surface area (Å²) in [4.78, 5) is 4.32. The van der Waals surface area contributed by atoms with Gasteiger partial charge in [-0.1, -0.05) is 5.16 Å². The molecule has 1 heterocycles. The predicted molar refractivity (Wildman–Crippen MR) is 93.2 cm³/mol. The van der Waals surface area contributed by atoms with E-state index in [0.29, 0.717) is 28.9 Å². The van der Waals surface area contributed by atoms with Gasteiger partial charge in [0, 0.05) is 11.3 Å². The lowest BCUT2D eigenvalue weighted by Crippen LogP contribution is -2.02. The van der Waals surface area contributed by atoms with E-state index in [-0.39, 0.29) is 12.3 Å². The lowest BCUT2D eigenvalue weighted by molar-refractivity contribution is -0.0498. The van der Waals surface area contributed by atoms with Crippen LogP contribution in [0, 0.1) is 0 Å². The van der Waals surface area contributed by atoms with E-state index >= 15 is 0 Å². The molecule has 3 rings (SSSR count). The molecule has 0 bridgehead atoms. The van der Waals surface area contributed by atoms with Crippen LogP contribution in [0.4, 0.5) is 14.5 Å². The van der Waals surface area contributed by atoms with E-state index in [4.69, 9.17) is 14.0 Å². The van der Waals surface area contributed by atoms with Gasteiger partial charge in [0.1, 0.15) is 5.75 Å². The molecule has 0 aliphatic carbocycles. The van der Waals surface area contributed by atoms with Crippen LogP contribution in [0.5, 0.6) is 17.2 Å². The van der Waals surface area contributed by atoms with Gasteiger partial charge >= 0.3 is 6.61 Å². The number of benzene rings is 2. The molecule has 27 heavy (non-hydrogen) atoms. The highest BCUT2D eigenvalue weighted by atomic mass is 19.3. The number of anilines is 1. The Balaban J connectivity index is 1.64. The summed E-state index contributed by atoms with van der Waals surface area (Å²) in [5, 5.41) is 7.01. The molecule has 142 valence electrons. The fourth-order valence-electron chi connectivity index (χ4n) is 2.35. The fourth-order valence-corrected chi connectivity index (χ4v) is 2.35. The summed E-state index contributed by atoms with van der Waals surface area (Å²) < 4.78 is 44.3. The van der Waals surface area contributed by atoms with E-state index in [1.807, 2.05) is 0 Å². The van der Waals surface area contributed by atoms with Crippen molar-refractivity contribution in [3.63, 3.8) is 0 Å². The average Bonchev–Trinajstić information content (AvgIpc) is 3.15. The van der Waals surface area contributed by atoms with Gasteiger partial charge < -0.3 is 24.1 Å². The van der Waals surface area contributed by atoms with Gasteiger partial charge in [0.25, 0.3) is 0 Å². The topological polar surface area (TPSA) is 78.6 Å². The van der Waals surface area contributed by atoms with Gasteiger partial charge in [-0.3, -0.25) is 0 Å². The number of methoxy groups -OCH3 is 2. The summed E-state index contributed by atoms with van der Waals surface area (Å²) >= 11 is 0. The van der Waals surface area contributed by atoms with Crippen molar-refractivity contribution in [3.05, 3.63) is 48.4 Å². The Labute approximate surface area is 153 Å². The number of hydrogen-bond donors (Lipinski definition) is 1. The van der Waals surface area contributed by atoms with Crippen LogP contribution in [-0.2, 0) is 6.54 Å². The molecular formula is C18H17F2N3O4. The van der Waals surface area contributed by atoms with Crippen molar-refractivity contribution in [2.24, 2.45) is 0 Å². The first-order valence-electron chi connectivity index (χ1n) is 7.93. The molecule has 9 heteroatoms. The molecule has 0 spiro atoms. The van der Waals surface area contributed by atoms with Crippen LogP contribution in [0.25, 0.3) is 11.4 Å². The third-order valence-corrected chi connectivity index (χ3v) is 3.63. The maximum absolute atomic E-state index is 12.1. The quantitative estimate of drug-likeness (QED) is 0.636. The fraction of sp³-hybridized carbons (Fsp3) is 0.222. The van der Waals surface area contributed by atoms with Gasteiger partial charge in [0.15, 0.2) is 11.5 Å². The van der Waals surface area contributed by atoms with Gasteiger partial charge in [-0.15, -0.1) is 0 Å². The summed E-state index contributed by atoms with van der Waals surface area (Å²) in [7, 11) is 3.10. The summed E-state index contributed by atoms with van der Waals surface area (Å²) in [6, 6.07) is 11.4. The molecule has 1 N–H and O–H groups in total. The molecular weight excluding hydrogens is 360 g/mol. The van der Waals surface area contributed by atoms with E-state index in [2.05, 4.69) is 20.2 Å². The minimum Gasteiger partial charge on any atom is -0.493 e. The minimum atomic E-state index is -2.85. The molecule has 0 aliphatic rings.